The van der Waals surface area contributed by atoms with Gasteiger partial charge in [-0.3, -0.25) is 37.7 Å². The van der Waals surface area contributed by atoms with Gasteiger partial charge in [0.15, 0.2) is 25.0 Å². The normalized spacial score (nSPS) is 29.8. The Morgan fingerprint density at radius 1 is 0.774 bits per heavy atom. The molecule has 31 heteroatoms. The molecule has 0 bridgehead atoms. The van der Waals surface area contributed by atoms with Gasteiger partial charge in [-0.2, -0.15) is 8.62 Å². The van der Waals surface area contributed by atoms with E-state index in [9.17, 15) is 48.2 Å². The molecule has 2 aliphatic heterocycles. The lowest BCUT2D eigenvalue weighted by molar-refractivity contribution is -0.744. The van der Waals surface area contributed by atoms with Gasteiger partial charge in [0, 0.05) is 0 Å². The summed E-state index contributed by atoms with van der Waals surface area (Å²) >= 11 is 0. The first kappa shape index (κ1) is 39.1. The molecule has 4 unspecified atom stereocenters. The number of ether oxygens (including phenoxy) is 2. The molecule has 4 aromatic heterocycles. The number of H-pyrrole nitrogens is 2. The third-order valence-corrected chi connectivity index (χ3v) is 12.2. The van der Waals surface area contributed by atoms with E-state index in [2.05, 4.69) is 37.6 Å². The number of aliphatic hydroxyl groups excluding tert-OH is 2. The zero-order valence-electron chi connectivity index (χ0n) is 26.9. The van der Waals surface area contributed by atoms with Gasteiger partial charge >= 0.3 is 34.8 Å². The third-order valence-electron chi connectivity index (χ3n) is 7.93. The number of halogens is 2. The number of imidazole rings is 2. The minimum Gasteiger partial charge on any atom is -0.387 e. The van der Waals surface area contributed by atoms with Gasteiger partial charge in [0.2, 0.25) is 23.5 Å². The summed E-state index contributed by atoms with van der Waals surface area (Å²) in [7, 11) is -14.7. The van der Waals surface area contributed by atoms with E-state index in [0.29, 0.717) is 0 Å². The number of nitrogens with zero attached hydrogens (tertiary/aromatic N) is 6. The number of aliphatic hydroxyl groups is 2. The molecule has 0 aromatic carbocycles. The van der Waals surface area contributed by atoms with E-state index in [1.165, 1.54) is 35.9 Å². The number of hydrogen-bond acceptors (Lipinski definition) is 17. The van der Waals surface area contributed by atoms with Crippen molar-refractivity contribution < 1.29 is 83.6 Å². The van der Waals surface area contributed by atoms with Gasteiger partial charge in [-0.1, -0.05) is 9.97 Å². The van der Waals surface area contributed by atoms with Crippen molar-refractivity contribution in [3.05, 3.63) is 33.4 Å². The summed E-state index contributed by atoms with van der Waals surface area (Å²) in [6.45, 7) is -2.34. The maximum absolute atomic E-state index is 15.1. The molecule has 53 heavy (non-hydrogen) atoms. The second-order valence-corrected chi connectivity index (χ2v) is 16.3. The van der Waals surface area contributed by atoms with Crippen LogP contribution in [0.25, 0.3) is 22.3 Å². The van der Waals surface area contributed by atoms with Crippen LogP contribution in [0.1, 0.15) is 12.5 Å². The molecular weight excluding hydrogens is 791 g/mol. The zero-order valence-corrected chi connectivity index (χ0v) is 29.5. The number of phosphoric ester groups is 2. The molecule has 2 fully saturated rings. The first-order valence-corrected chi connectivity index (χ1v) is 19.2. The van der Waals surface area contributed by atoms with Gasteiger partial charge < -0.3 is 45.8 Å². The van der Waals surface area contributed by atoms with Crippen molar-refractivity contribution in [2.45, 2.75) is 49.2 Å². The summed E-state index contributed by atoms with van der Waals surface area (Å²) in [4.78, 5) is 66.9. The molecule has 4 aromatic rings. The highest BCUT2D eigenvalue weighted by atomic mass is 31.3. The minimum absolute atomic E-state index is 0.0497. The first-order valence-electron chi connectivity index (χ1n) is 14.8. The fraction of sp³-hybridized carbons (Fsp3) is 0.545. The summed E-state index contributed by atoms with van der Waals surface area (Å²) in [5.74, 6) is -0.649. The maximum atomic E-state index is 15.1. The summed E-state index contributed by atoms with van der Waals surface area (Å²) in [5, 5.41) is 20.8. The lowest BCUT2D eigenvalue weighted by atomic mass is 10.1. The highest BCUT2D eigenvalue weighted by Gasteiger charge is 2.52. The van der Waals surface area contributed by atoms with Crippen LogP contribution in [0.15, 0.2) is 22.2 Å². The topological polar surface area (TPSA) is 369 Å². The number of nitrogen functional groups attached to an aromatic ring is 2. The molecule has 0 saturated carbocycles. The van der Waals surface area contributed by atoms with E-state index in [-0.39, 0.29) is 34.2 Å². The van der Waals surface area contributed by atoms with Crippen molar-refractivity contribution >= 4 is 57.7 Å². The molecule has 2 aliphatic rings. The Bertz CT molecular complexity index is 2180. The largest absolute Gasteiger partial charge is 0.490 e. The Labute approximate surface area is 291 Å². The molecule has 0 amide bonds. The number of alkyl halides is 2. The van der Waals surface area contributed by atoms with Gasteiger partial charge in [-0.05, 0) is 0 Å². The van der Waals surface area contributed by atoms with Crippen molar-refractivity contribution in [1.82, 2.24) is 29.1 Å². The lowest BCUT2D eigenvalue weighted by Crippen LogP contribution is -2.44. The molecule has 292 valence electrons. The minimum atomic E-state index is -6.05. The lowest BCUT2D eigenvalue weighted by Gasteiger charge is -2.21. The second-order valence-electron chi connectivity index (χ2n) is 11.7. The van der Waals surface area contributed by atoms with Gasteiger partial charge in [-0.15, -0.1) is 0 Å². The zero-order chi connectivity index (χ0) is 38.9. The van der Waals surface area contributed by atoms with Crippen LogP contribution in [0.4, 0.5) is 20.7 Å². The van der Waals surface area contributed by atoms with Crippen LogP contribution >= 0.6 is 23.5 Å². The van der Waals surface area contributed by atoms with Crippen LogP contribution in [-0.4, -0.2) is 104 Å². The van der Waals surface area contributed by atoms with Gasteiger partial charge in [0.1, 0.15) is 24.4 Å². The van der Waals surface area contributed by atoms with Gasteiger partial charge in [0.25, 0.3) is 23.0 Å². The Balaban J connectivity index is 1.05. The predicted octanol–water partition coefficient (Wildman–Crippen LogP) is -3.16. The van der Waals surface area contributed by atoms with E-state index in [1.54, 1.807) is 0 Å². The highest BCUT2D eigenvalue weighted by molar-refractivity contribution is 7.66. The van der Waals surface area contributed by atoms with Crippen LogP contribution in [-0.2, 0) is 54.9 Å². The number of nitrogens with one attached hydrogen (secondary N) is 2. The number of nitrogens with two attached hydrogens (primary N) is 2. The third kappa shape index (κ3) is 7.69. The SMILES string of the molecule is Cn1c[n+]([C@@H]2O[C@H](COP(=O)(O)OP(=O)(O)OP(=O)(O)OC[C@H]3O[C@@H]([n+]4cn(C)c5c(=O)[nH]c(N)nc54)[C@H](F)[C@@H]3O)[C@@H](O)C2F)c2nc(N)[nH]c(=O)c21. The first-order chi connectivity index (χ1) is 24.6. The van der Waals surface area contributed by atoms with E-state index in [4.69, 9.17) is 20.9 Å². The molecule has 0 spiro atoms. The predicted molar refractivity (Wildman–Crippen MR) is 165 cm³/mol. The molecule has 11 N–H and O–H groups in total. The van der Waals surface area contributed by atoms with E-state index in [1.807, 2.05) is 0 Å². The summed E-state index contributed by atoms with van der Waals surface area (Å²) in [6, 6.07) is 0. The number of aromatic amines is 2. The van der Waals surface area contributed by atoms with Crippen LogP contribution in [0.3, 0.4) is 0 Å². The number of aryl methyl sites for hydroxylation is 2. The van der Waals surface area contributed by atoms with Crippen LogP contribution < -0.4 is 31.7 Å². The monoisotopic (exact) mass is 822 g/mol. The number of fused-ring (bicyclic) bond motifs is 2. The van der Waals surface area contributed by atoms with Gasteiger partial charge in [0.05, 0.1) is 27.3 Å². The van der Waals surface area contributed by atoms with E-state index >= 15 is 8.78 Å². The summed E-state index contributed by atoms with van der Waals surface area (Å²) in [5.41, 5.74) is 9.39. The van der Waals surface area contributed by atoms with Crippen LogP contribution in [0.2, 0.25) is 0 Å². The highest BCUT2D eigenvalue weighted by Crippen LogP contribution is 2.67. The number of phosphoric acid groups is 3. The Morgan fingerprint density at radius 2 is 1.13 bits per heavy atom. The van der Waals surface area contributed by atoms with Crippen LogP contribution in [0, 0.1) is 0 Å². The molecule has 6 heterocycles. The number of aromatic nitrogens is 8. The quantitative estimate of drug-likeness (QED) is 0.0503. The molecule has 0 aliphatic carbocycles. The van der Waals surface area contributed by atoms with E-state index in [0.717, 1.165) is 9.13 Å². The molecule has 2 saturated heterocycles. The van der Waals surface area contributed by atoms with E-state index < -0.39 is 97.0 Å². The van der Waals surface area contributed by atoms with Gasteiger partial charge in [-0.25, -0.2) is 31.6 Å². The number of rotatable bonds is 12. The molecular formula is C22H31F2N10O16P3+2. The fourth-order valence-corrected chi connectivity index (χ4v) is 9.22. The summed E-state index contributed by atoms with van der Waals surface area (Å²) < 4.78 is 100. The standard InChI is InChI=1S/C22H29F2N10O16P3/c1-31-5-33(15-11(31)17(37)29-21(25)27-15)19-9(23)13(35)7(47-19)3-45-51(39,40)49-53(43,44)50-52(41,42)46-4-8-14(36)10(24)20(48-8)34-6-32(2)12-16(34)28-22(26)30-18(12)38/h5-10,13-14,19-20,35-36H,3-4H2,1-2H3,(H7-2,25,26,27,28,29,30,37,38,39,40,41,42,43,44)/p+2/t7-,8-,9-,10?,13-,14-,19-,20-/m1/s1. The molecule has 11 atom stereocenters. The average molecular weight is 822 g/mol. The number of anilines is 2. The van der Waals surface area contributed by atoms with Crippen molar-refractivity contribution in [2.75, 3.05) is 24.7 Å². The second kappa shape index (κ2) is 13.9. The number of hydrogen-bond donors (Lipinski definition) is 9. The smallest absolute Gasteiger partial charge is 0.387 e. The average Bonchev–Trinajstić information content (AvgIpc) is 3.71. The molecule has 0 radical (unpaired) electrons. The van der Waals surface area contributed by atoms with Crippen molar-refractivity contribution in [3.63, 3.8) is 0 Å². The molecule has 26 nitrogen and oxygen atoms in total. The van der Waals surface area contributed by atoms with Crippen molar-refractivity contribution in [3.8, 4) is 0 Å². The molecule has 6 rings (SSSR count). The Morgan fingerprint density at radius 3 is 1.49 bits per heavy atom. The summed E-state index contributed by atoms with van der Waals surface area (Å²) in [6.07, 6.45) is -13.0. The van der Waals surface area contributed by atoms with Crippen molar-refractivity contribution in [2.24, 2.45) is 14.1 Å². The Hall–Kier alpha value is -3.59. The maximum Gasteiger partial charge on any atom is 0.490 e. The Kier molecular flexibility index (Phi) is 10.3. The fourth-order valence-electron chi connectivity index (χ4n) is 5.70. The van der Waals surface area contributed by atoms with Crippen LogP contribution in [0.5, 0.6) is 0 Å². The van der Waals surface area contributed by atoms with Crippen molar-refractivity contribution in [1.29, 1.82) is 0 Å².